The summed E-state index contributed by atoms with van der Waals surface area (Å²) in [6.07, 6.45) is 1.24. The van der Waals surface area contributed by atoms with Gasteiger partial charge < -0.3 is 15.2 Å². The summed E-state index contributed by atoms with van der Waals surface area (Å²) in [6.45, 7) is 6.18. The molecule has 2 N–H and O–H groups in total. The second-order valence-electron chi connectivity index (χ2n) is 5.73. The maximum Gasteiger partial charge on any atom is 0.330 e. The number of rotatable bonds is 8. The summed E-state index contributed by atoms with van der Waals surface area (Å²) >= 11 is 0. The first kappa shape index (κ1) is 18.0. The summed E-state index contributed by atoms with van der Waals surface area (Å²) < 4.78 is 5.05. The number of carbonyl (C=O) groups excluding carboxylic acids is 1. The molecular formula is C17H25NO4. The Morgan fingerprint density at radius 3 is 2.23 bits per heavy atom. The Kier molecular flexibility index (Phi) is 6.89. The van der Waals surface area contributed by atoms with Crippen LogP contribution in [0.25, 0.3) is 0 Å². The lowest BCUT2D eigenvalue weighted by Gasteiger charge is -2.20. The van der Waals surface area contributed by atoms with E-state index in [-0.39, 0.29) is 11.8 Å². The van der Waals surface area contributed by atoms with Crippen LogP contribution >= 0.6 is 0 Å². The van der Waals surface area contributed by atoms with E-state index in [4.69, 9.17) is 4.74 Å². The second kappa shape index (κ2) is 8.41. The zero-order valence-corrected chi connectivity index (χ0v) is 13.6. The van der Waals surface area contributed by atoms with E-state index < -0.39 is 12.0 Å². The average Bonchev–Trinajstić information content (AvgIpc) is 2.49. The molecule has 0 aliphatic heterocycles. The number of benzene rings is 1. The molecule has 0 spiro atoms. The van der Waals surface area contributed by atoms with Gasteiger partial charge in [-0.3, -0.25) is 4.79 Å². The maximum absolute atomic E-state index is 12.1. The summed E-state index contributed by atoms with van der Waals surface area (Å²) in [6, 6.07) is 5.62. The minimum absolute atomic E-state index is 0.233. The summed E-state index contributed by atoms with van der Waals surface area (Å²) in [5.74, 6) is -0.0183. The fourth-order valence-electron chi connectivity index (χ4n) is 2.39. The Morgan fingerprint density at radius 1 is 1.23 bits per heavy atom. The number of nitrogens with one attached hydrogen (secondary N) is 1. The van der Waals surface area contributed by atoms with Gasteiger partial charge in [0.25, 0.3) is 0 Å². The zero-order valence-electron chi connectivity index (χ0n) is 13.6. The SMILES string of the molecule is CCC(CC(=O)NC(C(=O)O)c1ccc(OC)cc1)C(C)C. The van der Waals surface area contributed by atoms with Crippen molar-refractivity contribution in [3.63, 3.8) is 0 Å². The smallest absolute Gasteiger partial charge is 0.330 e. The van der Waals surface area contributed by atoms with Crippen LogP contribution in [0.3, 0.4) is 0 Å². The van der Waals surface area contributed by atoms with Crippen LogP contribution in [0, 0.1) is 11.8 Å². The number of carboxylic acids is 1. The maximum atomic E-state index is 12.1. The normalized spacial score (nSPS) is 13.5. The molecule has 0 bridgehead atoms. The number of carboxylic acid groups (broad SMARTS) is 1. The van der Waals surface area contributed by atoms with Crippen LogP contribution in [0.4, 0.5) is 0 Å². The van der Waals surface area contributed by atoms with E-state index in [1.165, 1.54) is 0 Å². The highest BCUT2D eigenvalue weighted by Gasteiger charge is 2.24. The molecule has 1 amide bonds. The van der Waals surface area contributed by atoms with Crippen LogP contribution in [0.5, 0.6) is 5.75 Å². The third kappa shape index (κ3) is 5.06. The Morgan fingerprint density at radius 2 is 1.82 bits per heavy atom. The molecule has 0 heterocycles. The molecule has 1 rings (SSSR count). The predicted molar refractivity (Wildman–Crippen MR) is 84.7 cm³/mol. The molecule has 5 nitrogen and oxygen atoms in total. The Labute approximate surface area is 131 Å². The van der Waals surface area contributed by atoms with E-state index in [2.05, 4.69) is 19.2 Å². The van der Waals surface area contributed by atoms with Crippen molar-refractivity contribution < 1.29 is 19.4 Å². The summed E-state index contributed by atoms with van der Waals surface area (Å²) in [7, 11) is 1.54. The molecule has 2 atom stereocenters. The van der Waals surface area contributed by atoms with E-state index in [1.807, 2.05) is 6.92 Å². The summed E-state index contributed by atoms with van der Waals surface area (Å²) in [5, 5.41) is 12.0. The number of amides is 1. The number of carbonyl (C=O) groups is 2. The topological polar surface area (TPSA) is 75.6 Å². The van der Waals surface area contributed by atoms with Crippen LogP contribution in [-0.4, -0.2) is 24.1 Å². The van der Waals surface area contributed by atoms with E-state index >= 15 is 0 Å². The standard InChI is InChI=1S/C17H25NO4/c1-5-12(11(2)3)10-15(19)18-16(17(20)21)13-6-8-14(22-4)9-7-13/h6-9,11-12,16H,5,10H2,1-4H3,(H,18,19)(H,20,21). The number of aliphatic carboxylic acids is 1. The minimum atomic E-state index is -1.07. The lowest BCUT2D eigenvalue weighted by atomic mass is 9.90. The average molecular weight is 307 g/mol. The van der Waals surface area contributed by atoms with Crippen molar-refractivity contribution in [3.05, 3.63) is 29.8 Å². The fourth-order valence-corrected chi connectivity index (χ4v) is 2.39. The molecule has 0 radical (unpaired) electrons. The van der Waals surface area contributed by atoms with Crippen LogP contribution in [0.1, 0.15) is 45.2 Å². The third-order valence-corrected chi connectivity index (χ3v) is 3.92. The van der Waals surface area contributed by atoms with Gasteiger partial charge in [-0.1, -0.05) is 39.3 Å². The number of methoxy groups -OCH3 is 1. The number of hydrogen-bond acceptors (Lipinski definition) is 3. The Bertz CT molecular complexity index is 496. The van der Waals surface area contributed by atoms with E-state index in [0.717, 1.165) is 6.42 Å². The fraction of sp³-hybridized carbons (Fsp3) is 0.529. The molecule has 1 aromatic rings. The highest BCUT2D eigenvalue weighted by molar-refractivity contribution is 5.84. The van der Waals surface area contributed by atoms with Gasteiger partial charge in [0.2, 0.25) is 5.91 Å². The lowest BCUT2D eigenvalue weighted by molar-refractivity contribution is -0.142. The van der Waals surface area contributed by atoms with E-state index in [1.54, 1.807) is 31.4 Å². The molecule has 2 unspecified atom stereocenters. The molecule has 0 aliphatic rings. The summed E-state index contributed by atoms with van der Waals surface area (Å²) in [5.41, 5.74) is 0.527. The van der Waals surface area contributed by atoms with Crippen LogP contribution in [0.2, 0.25) is 0 Å². The first-order valence-electron chi connectivity index (χ1n) is 7.55. The quantitative estimate of drug-likeness (QED) is 0.774. The van der Waals surface area contributed by atoms with Crippen molar-refractivity contribution in [1.29, 1.82) is 0 Å². The van der Waals surface area contributed by atoms with Crippen molar-refractivity contribution in [2.75, 3.05) is 7.11 Å². The molecule has 22 heavy (non-hydrogen) atoms. The van der Waals surface area contributed by atoms with Crippen molar-refractivity contribution in [3.8, 4) is 5.75 Å². The molecule has 0 saturated heterocycles. The molecule has 0 aromatic heterocycles. The molecule has 0 aliphatic carbocycles. The van der Waals surface area contributed by atoms with Crippen LogP contribution in [-0.2, 0) is 9.59 Å². The van der Waals surface area contributed by atoms with Gasteiger partial charge in [-0.15, -0.1) is 0 Å². The highest BCUT2D eigenvalue weighted by atomic mass is 16.5. The number of hydrogen-bond donors (Lipinski definition) is 2. The molecule has 1 aromatic carbocycles. The van der Waals surface area contributed by atoms with Gasteiger partial charge in [0, 0.05) is 6.42 Å². The van der Waals surface area contributed by atoms with Gasteiger partial charge in [0.15, 0.2) is 6.04 Å². The molecule has 122 valence electrons. The van der Waals surface area contributed by atoms with Gasteiger partial charge in [-0.05, 0) is 29.5 Å². The third-order valence-electron chi connectivity index (χ3n) is 3.92. The molecular weight excluding hydrogens is 282 g/mol. The van der Waals surface area contributed by atoms with Crippen molar-refractivity contribution >= 4 is 11.9 Å². The monoisotopic (exact) mass is 307 g/mol. The Balaban J connectivity index is 2.79. The first-order valence-corrected chi connectivity index (χ1v) is 7.55. The minimum Gasteiger partial charge on any atom is -0.497 e. The van der Waals surface area contributed by atoms with Gasteiger partial charge in [-0.25, -0.2) is 4.79 Å². The predicted octanol–water partition coefficient (Wildman–Crippen LogP) is 3.01. The van der Waals surface area contributed by atoms with Crippen molar-refractivity contribution in [2.24, 2.45) is 11.8 Å². The molecule has 0 fully saturated rings. The highest BCUT2D eigenvalue weighted by Crippen LogP contribution is 2.21. The van der Waals surface area contributed by atoms with E-state index in [0.29, 0.717) is 23.7 Å². The van der Waals surface area contributed by atoms with Gasteiger partial charge in [0.1, 0.15) is 5.75 Å². The van der Waals surface area contributed by atoms with Crippen molar-refractivity contribution in [2.45, 2.75) is 39.7 Å². The molecule has 5 heteroatoms. The van der Waals surface area contributed by atoms with Gasteiger partial charge >= 0.3 is 5.97 Å². The largest absolute Gasteiger partial charge is 0.497 e. The Hall–Kier alpha value is -2.04. The second-order valence-corrected chi connectivity index (χ2v) is 5.73. The lowest BCUT2D eigenvalue weighted by Crippen LogP contribution is -2.35. The zero-order chi connectivity index (χ0) is 16.7. The summed E-state index contributed by atoms with van der Waals surface area (Å²) in [4.78, 5) is 23.6. The first-order chi connectivity index (χ1) is 10.4. The number of ether oxygens (including phenoxy) is 1. The van der Waals surface area contributed by atoms with E-state index in [9.17, 15) is 14.7 Å². The van der Waals surface area contributed by atoms with Gasteiger partial charge in [0.05, 0.1) is 7.11 Å². The van der Waals surface area contributed by atoms with Crippen LogP contribution < -0.4 is 10.1 Å². The van der Waals surface area contributed by atoms with Gasteiger partial charge in [-0.2, -0.15) is 0 Å². The molecule has 0 saturated carbocycles. The van der Waals surface area contributed by atoms with Crippen molar-refractivity contribution in [1.82, 2.24) is 5.32 Å². The van der Waals surface area contributed by atoms with Crippen LogP contribution in [0.15, 0.2) is 24.3 Å².